The molecule has 0 spiro atoms. The third kappa shape index (κ3) is 2.71. The molecule has 3 aromatic heterocycles. The summed E-state index contributed by atoms with van der Waals surface area (Å²) in [6.45, 7) is 1.63. The zero-order chi connectivity index (χ0) is 17.6. The summed E-state index contributed by atoms with van der Waals surface area (Å²) in [6, 6.07) is 10.7. The number of benzene rings is 1. The van der Waals surface area contributed by atoms with E-state index in [1.54, 1.807) is 35.6 Å². The van der Waals surface area contributed by atoms with Gasteiger partial charge in [0.2, 0.25) is 5.91 Å². The van der Waals surface area contributed by atoms with Gasteiger partial charge in [-0.25, -0.2) is 4.68 Å². The number of hydrogen-bond acceptors (Lipinski definition) is 4. The Balaban J connectivity index is 1.70. The maximum absolute atomic E-state index is 12.7. The molecule has 0 aliphatic rings. The van der Waals surface area contributed by atoms with Crippen molar-refractivity contribution in [2.45, 2.75) is 13.5 Å². The molecule has 25 heavy (non-hydrogen) atoms. The molecule has 0 aliphatic heterocycles. The van der Waals surface area contributed by atoms with Gasteiger partial charge in [0, 0.05) is 0 Å². The minimum absolute atomic E-state index is 0.180. The van der Waals surface area contributed by atoms with E-state index < -0.39 is 0 Å². The fourth-order valence-corrected chi connectivity index (χ4v) is 3.81. The third-order valence-corrected chi connectivity index (χ3v) is 5.09. The summed E-state index contributed by atoms with van der Waals surface area (Å²) in [4.78, 5) is 25.0. The topological polar surface area (TPSA) is 68.4 Å². The maximum Gasteiger partial charge on any atom is 0.291 e. The normalized spacial score (nSPS) is 11.3. The maximum atomic E-state index is 12.7. The van der Waals surface area contributed by atoms with Gasteiger partial charge in [-0.1, -0.05) is 23.7 Å². The van der Waals surface area contributed by atoms with Crippen LogP contribution in [0.1, 0.15) is 5.82 Å². The number of carbonyl (C=O) groups is 1. The summed E-state index contributed by atoms with van der Waals surface area (Å²) in [5, 5.41) is 9.40. The summed E-state index contributed by atoms with van der Waals surface area (Å²) < 4.78 is 4.01. The van der Waals surface area contributed by atoms with E-state index in [1.165, 1.54) is 4.68 Å². The van der Waals surface area contributed by atoms with E-state index in [2.05, 4.69) is 10.4 Å². The molecular weight excluding hydrogens is 360 g/mol. The minimum Gasteiger partial charge on any atom is -0.323 e. The van der Waals surface area contributed by atoms with Crippen molar-refractivity contribution in [3.8, 4) is 0 Å². The number of hydrogen-bond donors (Lipinski definition) is 1. The number of thiophene rings is 1. The molecule has 6 nitrogen and oxygen atoms in total. The van der Waals surface area contributed by atoms with E-state index >= 15 is 0 Å². The molecule has 8 heteroatoms. The second-order valence-electron chi connectivity index (χ2n) is 5.57. The van der Waals surface area contributed by atoms with Crippen LogP contribution in [-0.2, 0) is 11.3 Å². The molecule has 0 bridgehead atoms. The summed E-state index contributed by atoms with van der Waals surface area (Å²) >= 11 is 7.60. The molecule has 1 N–H and O–H groups in total. The van der Waals surface area contributed by atoms with E-state index in [-0.39, 0.29) is 18.0 Å². The van der Waals surface area contributed by atoms with Gasteiger partial charge in [0.15, 0.2) is 0 Å². The van der Waals surface area contributed by atoms with Crippen molar-refractivity contribution in [1.82, 2.24) is 14.2 Å². The average molecular weight is 373 g/mol. The highest BCUT2D eigenvalue weighted by Crippen LogP contribution is 2.24. The number of carbonyl (C=O) groups excluding carboxylic acids is 1. The van der Waals surface area contributed by atoms with E-state index in [0.29, 0.717) is 22.1 Å². The Bertz CT molecular complexity index is 1170. The number of aromatic nitrogens is 3. The zero-order valence-corrected chi connectivity index (χ0v) is 14.8. The summed E-state index contributed by atoms with van der Waals surface area (Å²) in [7, 11) is 0. The Hall–Kier alpha value is -2.64. The van der Waals surface area contributed by atoms with Gasteiger partial charge < -0.3 is 5.32 Å². The van der Waals surface area contributed by atoms with Gasteiger partial charge in [-0.3, -0.25) is 14.0 Å². The smallest absolute Gasteiger partial charge is 0.291 e. The van der Waals surface area contributed by atoms with Gasteiger partial charge >= 0.3 is 0 Å². The summed E-state index contributed by atoms with van der Waals surface area (Å²) in [5.74, 6) is 0.286. The van der Waals surface area contributed by atoms with Crippen molar-refractivity contribution in [2.24, 2.45) is 0 Å². The number of anilines is 1. The van der Waals surface area contributed by atoms with Crippen LogP contribution in [0.3, 0.4) is 0 Å². The lowest BCUT2D eigenvalue weighted by atomic mass is 10.3. The van der Waals surface area contributed by atoms with Crippen LogP contribution in [0.2, 0.25) is 5.02 Å². The Morgan fingerprint density at radius 2 is 2.08 bits per heavy atom. The average Bonchev–Trinajstić information content (AvgIpc) is 3.15. The summed E-state index contributed by atoms with van der Waals surface area (Å²) in [5.41, 5.74) is 1.67. The predicted octanol–water partition coefficient (Wildman–Crippen LogP) is 3.31. The lowest BCUT2D eigenvalue weighted by Gasteiger charge is -2.10. The molecule has 1 aromatic carbocycles. The molecule has 0 saturated heterocycles. The van der Waals surface area contributed by atoms with Crippen LogP contribution in [0.15, 0.2) is 46.6 Å². The van der Waals surface area contributed by atoms with E-state index in [4.69, 9.17) is 11.6 Å². The first-order chi connectivity index (χ1) is 12.0. The lowest BCUT2D eigenvalue weighted by molar-refractivity contribution is -0.117. The molecular formula is C17H13ClN4O2S. The van der Waals surface area contributed by atoms with Crippen LogP contribution in [0.4, 0.5) is 5.69 Å². The summed E-state index contributed by atoms with van der Waals surface area (Å²) in [6.07, 6.45) is 0. The molecule has 0 unspecified atom stereocenters. The van der Waals surface area contributed by atoms with Crippen molar-refractivity contribution < 1.29 is 4.79 Å². The van der Waals surface area contributed by atoms with Crippen LogP contribution >= 0.6 is 22.9 Å². The first kappa shape index (κ1) is 15.9. The molecule has 0 saturated carbocycles. The zero-order valence-electron chi connectivity index (χ0n) is 13.2. The molecule has 0 aliphatic carbocycles. The molecule has 4 aromatic rings. The van der Waals surface area contributed by atoms with Gasteiger partial charge in [-0.15, -0.1) is 11.3 Å². The van der Waals surface area contributed by atoms with E-state index in [9.17, 15) is 9.59 Å². The van der Waals surface area contributed by atoms with E-state index in [0.717, 1.165) is 10.2 Å². The van der Waals surface area contributed by atoms with Crippen LogP contribution in [0, 0.1) is 6.92 Å². The molecule has 3 heterocycles. The third-order valence-electron chi connectivity index (χ3n) is 3.91. The highest BCUT2D eigenvalue weighted by atomic mass is 35.5. The first-order valence-electron chi connectivity index (χ1n) is 7.55. The molecule has 4 rings (SSSR count). The van der Waals surface area contributed by atoms with Crippen molar-refractivity contribution in [3.63, 3.8) is 0 Å². The lowest BCUT2D eigenvalue weighted by Crippen LogP contribution is -2.31. The van der Waals surface area contributed by atoms with Crippen molar-refractivity contribution >= 4 is 50.3 Å². The number of para-hydroxylation sites is 1. The first-order valence-corrected chi connectivity index (χ1v) is 8.81. The quantitative estimate of drug-likeness (QED) is 0.600. The van der Waals surface area contributed by atoms with Gasteiger partial charge in [-0.05, 0) is 36.6 Å². The number of fused-ring (bicyclic) bond motifs is 3. The van der Waals surface area contributed by atoms with Gasteiger partial charge in [0.1, 0.15) is 17.9 Å². The Morgan fingerprint density at radius 3 is 2.88 bits per heavy atom. The van der Waals surface area contributed by atoms with Crippen LogP contribution in [-0.4, -0.2) is 20.1 Å². The van der Waals surface area contributed by atoms with Crippen molar-refractivity contribution in [2.75, 3.05) is 5.32 Å². The fraction of sp³-hybridized carbons (Fsp3) is 0.118. The molecule has 0 radical (unpaired) electrons. The SMILES string of the molecule is Cc1nn(CC(=O)Nc2ccccc2Cl)c(=O)c2cc3sccc3n12. The Kier molecular flexibility index (Phi) is 3.82. The highest BCUT2D eigenvalue weighted by molar-refractivity contribution is 7.17. The van der Waals surface area contributed by atoms with Crippen LogP contribution < -0.4 is 10.9 Å². The number of halogens is 1. The number of nitrogens with one attached hydrogen (secondary N) is 1. The Morgan fingerprint density at radius 1 is 1.28 bits per heavy atom. The van der Waals surface area contributed by atoms with Crippen LogP contribution in [0.25, 0.3) is 15.7 Å². The van der Waals surface area contributed by atoms with Gasteiger partial charge in [-0.2, -0.15) is 5.10 Å². The largest absolute Gasteiger partial charge is 0.323 e. The molecule has 126 valence electrons. The molecule has 1 amide bonds. The monoisotopic (exact) mass is 372 g/mol. The van der Waals surface area contributed by atoms with Crippen LogP contribution in [0.5, 0.6) is 0 Å². The number of amides is 1. The predicted molar refractivity (Wildman–Crippen MR) is 99.7 cm³/mol. The van der Waals surface area contributed by atoms with Gasteiger partial charge in [0.05, 0.1) is 20.9 Å². The van der Waals surface area contributed by atoms with Gasteiger partial charge in [0.25, 0.3) is 5.56 Å². The standard InChI is InChI=1S/C17H13ClN4O2S/c1-10-20-21(9-16(23)19-12-5-3-2-4-11(12)18)17(24)14-8-15-13(22(10)14)6-7-25-15/h2-8H,9H2,1H3,(H,19,23). The molecule has 0 atom stereocenters. The Labute approximate surface area is 151 Å². The van der Waals surface area contributed by atoms with Crippen molar-refractivity contribution in [3.05, 3.63) is 63.0 Å². The number of rotatable bonds is 3. The molecule has 0 fully saturated rings. The van der Waals surface area contributed by atoms with Crippen molar-refractivity contribution in [1.29, 1.82) is 0 Å². The fourth-order valence-electron chi connectivity index (χ4n) is 2.82. The van der Waals surface area contributed by atoms with E-state index in [1.807, 2.05) is 28.8 Å². The number of nitrogens with zero attached hydrogens (tertiary/aromatic N) is 3. The second kappa shape index (κ2) is 6.02. The second-order valence-corrected chi connectivity index (χ2v) is 6.93. The minimum atomic E-state index is -0.361. The number of aryl methyl sites for hydroxylation is 1. The highest BCUT2D eigenvalue weighted by Gasteiger charge is 2.15.